The van der Waals surface area contributed by atoms with Crippen molar-refractivity contribution in [1.29, 1.82) is 0 Å². The molecule has 2 aromatic rings. The summed E-state index contributed by atoms with van der Waals surface area (Å²) in [6, 6.07) is 8.80. The Kier molecular flexibility index (Phi) is 6.20. The standard InChI is InChI=1S/C18H22N2O3S/c1-11(2)15-9-16(21)20-18(19-15)24-10-13-5-7-14(8-6-13)17(22)23-12(3)4/h5-9,11-12H,10H2,1-4H3,(H,19,20,21). The van der Waals surface area contributed by atoms with Gasteiger partial charge < -0.3 is 9.72 Å². The van der Waals surface area contributed by atoms with E-state index in [0.29, 0.717) is 16.5 Å². The fourth-order valence-corrected chi connectivity index (χ4v) is 2.83. The highest BCUT2D eigenvalue weighted by molar-refractivity contribution is 7.98. The molecule has 1 aromatic heterocycles. The first kappa shape index (κ1) is 18.3. The molecule has 0 spiro atoms. The van der Waals surface area contributed by atoms with Gasteiger partial charge in [-0.1, -0.05) is 37.7 Å². The summed E-state index contributed by atoms with van der Waals surface area (Å²) in [5.74, 6) is 0.544. The van der Waals surface area contributed by atoms with E-state index in [0.717, 1.165) is 11.3 Å². The SMILES string of the molecule is CC(C)OC(=O)c1ccc(CSc2nc(C(C)C)cc(=O)[nH]2)cc1. The van der Waals surface area contributed by atoms with Crippen LogP contribution in [0.2, 0.25) is 0 Å². The van der Waals surface area contributed by atoms with E-state index < -0.39 is 0 Å². The van der Waals surface area contributed by atoms with Crippen molar-refractivity contribution < 1.29 is 9.53 Å². The molecule has 6 heteroatoms. The topological polar surface area (TPSA) is 72.0 Å². The van der Waals surface area contributed by atoms with E-state index >= 15 is 0 Å². The Bertz CT molecular complexity index is 752. The number of thioether (sulfide) groups is 1. The Balaban J connectivity index is 2.02. The van der Waals surface area contributed by atoms with Crippen molar-refractivity contribution >= 4 is 17.7 Å². The van der Waals surface area contributed by atoms with Gasteiger partial charge in [-0.2, -0.15) is 0 Å². The third-order valence-corrected chi connectivity index (χ3v) is 4.18. The van der Waals surface area contributed by atoms with E-state index in [1.54, 1.807) is 12.1 Å². The fraction of sp³-hybridized carbons (Fsp3) is 0.389. The third-order valence-electron chi connectivity index (χ3n) is 3.24. The number of benzene rings is 1. The summed E-state index contributed by atoms with van der Waals surface area (Å²) in [6.07, 6.45) is -0.135. The maximum atomic E-state index is 11.8. The molecular formula is C18H22N2O3S. The minimum Gasteiger partial charge on any atom is -0.459 e. The highest BCUT2D eigenvalue weighted by Gasteiger charge is 2.09. The smallest absolute Gasteiger partial charge is 0.338 e. The number of rotatable bonds is 6. The molecule has 0 radical (unpaired) electrons. The van der Waals surface area contributed by atoms with Gasteiger partial charge in [0.25, 0.3) is 5.56 Å². The quantitative estimate of drug-likeness (QED) is 0.490. The number of ether oxygens (including phenoxy) is 1. The van der Waals surface area contributed by atoms with Gasteiger partial charge in [-0.05, 0) is 37.5 Å². The normalized spacial score (nSPS) is 11.1. The molecule has 0 aliphatic heterocycles. The molecule has 1 aromatic carbocycles. The van der Waals surface area contributed by atoms with Crippen LogP contribution in [0.1, 0.15) is 55.2 Å². The number of H-pyrrole nitrogens is 1. The summed E-state index contributed by atoms with van der Waals surface area (Å²) in [7, 11) is 0. The van der Waals surface area contributed by atoms with Crippen LogP contribution in [0.4, 0.5) is 0 Å². The Morgan fingerprint density at radius 3 is 2.46 bits per heavy atom. The highest BCUT2D eigenvalue weighted by atomic mass is 32.2. The predicted octanol–water partition coefficient (Wildman–Crippen LogP) is 3.75. The molecule has 1 N–H and O–H groups in total. The summed E-state index contributed by atoms with van der Waals surface area (Å²) >= 11 is 1.46. The molecule has 0 bridgehead atoms. The van der Waals surface area contributed by atoms with Crippen LogP contribution in [0.15, 0.2) is 40.3 Å². The predicted molar refractivity (Wildman–Crippen MR) is 95.5 cm³/mol. The minimum atomic E-state index is -0.320. The molecule has 0 saturated heterocycles. The lowest BCUT2D eigenvalue weighted by molar-refractivity contribution is 0.0378. The van der Waals surface area contributed by atoms with E-state index in [9.17, 15) is 9.59 Å². The lowest BCUT2D eigenvalue weighted by atomic mass is 10.1. The van der Waals surface area contributed by atoms with E-state index in [-0.39, 0.29) is 23.6 Å². The molecule has 0 aliphatic carbocycles. The van der Waals surface area contributed by atoms with Gasteiger partial charge in [-0.15, -0.1) is 0 Å². The molecule has 0 fully saturated rings. The second-order valence-corrected chi connectivity index (χ2v) is 7.03. The van der Waals surface area contributed by atoms with Gasteiger partial charge in [-0.3, -0.25) is 4.79 Å². The van der Waals surface area contributed by atoms with Crippen LogP contribution in [0.25, 0.3) is 0 Å². The largest absolute Gasteiger partial charge is 0.459 e. The second kappa shape index (κ2) is 8.15. The Hall–Kier alpha value is -2.08. The molecule has 24 heavy (non-hydrogen) atoms. The van der Waals surface area contributed by atoms with Crippen molar-refractivity contribution in [2.24, 2.45) is 0 Å². The first-order valence-electron chi connectivity index (χ1n) is 7.89. The van der Waals surface area contributed by atoms with Crippen molar-refractivity contribution in [3.05, 3.63) is 57.5 Å². The van der Waals surface area contributed by atoms with Gasteiger partial charge in [0.15, 0.2) is 5.16 Å². The van der Waals surface area contributed by atoms with Crippen LogP contribution < -0.4 is 5.56 Å². The lowest BCUT2D eigenvalue weighted by Crippen LogP contribution is -2.11. The van der Waals surface area contributed by atoms with Gasteiger partial charge in [0, 0.05) is 11.8 Å². The summed E-state index contributed by atoms with van der Waals surface area (Å²) in [4.78, 5) is 30.7. The average Bonchev–Trinajstić information content (AvgIpc) is 2.52. The molecule has 0 aliphatic rings. The Morgan fingerprint density at radius 2 is 1.88 bits per heavy atom. The van der Waals surface area contributed by atoms with Gasteiger partial charge >= 0.3 is 5.97 Å². The molecule has 0 atom stereocenters. The summed E-state index contributed by atoms with van der Waals surface area (Å²) in [6.45, 7) is 7.65. The number of hydrogen-bond donors (Lipinski definition) is 1. The number of carbonyl (C=O) groups is 1. The van der Waals surface area contributed by atoms with E-state index in [4.69, 9.17) is 4.74 Å². The maximum Gasteiger partial charge on any atom is 0.338 e. The zero-order valence-corrected chi connectivity index (χ0v) is 15.1. The summed E-state index contributed by atoms with van der Waals surface area (Å²) < 4.78 is 5.16. The zero-order valence-electron chi connectivity index (χ0n) is 14.3. The van der Waals surface area contributed by atoms with Crippen LogP contribution >= 0.6 is 11.8 Å². The van der Waals surface area contributed by atoms with Crippen LogP contribution in [-0.4, -0.2) is 22.0 Å². The van der Waals surface area contributed by atoms with E-state index in [2.05, 4.69) is 9.97 Å². The molecular weight excluding hydrogens is 324 g/mol. The van der Waals surface area contributed by atoms with Crippen LogP contribution in [0, 0.1) is 0 Å². The van der Waals surface area contributed by atoms with E-state index in [1.165, 1.54) is 17.8 Å². The molecule has 5 nitrogen and oxygen atoms in total. The third kappa shape index (κ3) is 5.23. The number of aromatic amines is 1. The molecule has 128 valence electrons. The number of carbonyl (C=O) groups excluding carboxylic acids is 1. The van der Waals surface area contributed by atoms with Crippen LogP contribution in [-0.2, 0) is 10.5 Å². The molecule has 0 amide bonds. The van der Waals surface area contributed by atoms with Crippen molar-refractivity contribution in [3.8, 4) is 0 Å². The van der Waals surface area contributed by atoms with Gasteiger partial charge in [0.1, 0.15) is 0 Å². The Labute approximate surface area is 145 Å². The summed E-state index contributed by atoms with van der Waals surface area (Å²) in [5, 5.41) is 0.606. The monoisotopic (exact) mass is 346 g/mol. The summed E-state index contributed by atoms with van der Waals surface area (Å²) in [5.41, 5.74) is 2.22. The lowest BCUT2D eigenvalue weighted by Gasteiger charge is -2.09. The van der Waals surface area contributed by atoms with Crippen LogP contribution in [0.5, 0.6) is 0 Å². The molecule has 0 unspecified atom stereocenters. The second-order valence-electron chi connectivity index (χ2n) is 6.07. The van der Waals surface area contributed by atoms with Crippen molar-refractivity contribution in [1.82, 2.24) is 9.97 Å². The van der Waals surface area contributed by atoms with Gasteiger partial charge in [0.2, 0.25) is 0 Å². The minimum absolute atomic E-state index is 0.135. The molecule has 2 rings (SSSR count). The number of aromatic nitrogens is 2. The van der Waals surface area contributed by atoms with Crippen LogP contribution in [0.3, 0.4) is 0 Å². The van der Waals surface area contributed by atoms with Crippen molar-refractivity contribution in [3.63, 3.8) is 0 Å². The number of hydrogen-bond acceptors (Lipinski definition) is 5. The molecule has 0 saturated carbocycles. The maximum absolute atomic E-state index is 11.8. The first-order valence-corrected chi connectivity index (χ1v) is 8.87. The first-order chi connectivity index (χ1) is 11.3. The highest BCUT2D eigenvalue weighted by Crippen LogP contribution is 2.20. The average molecular weight is 346 g/mol. The zero-order chi connectivity index (χ0) is 17.7. The van der Waals surface area contributed by atoms with E-state index in [1.807, 2.05) is 39.8 Å². The number of nitrogens with one attached hydrogen (secondary N) is 1. The van der Waals surface area contributed by atoms with Crippen molar-refractivity contribution in [2.45, 2.75) is 50.6 Å². The van der Waals surface area contributed by atoms with Crippen molar-refractivity contribution in [2.75, 3.05) is 0 Å². The number of nitrogens with zero attached hydrogens (tertiary/aromatic N) is 1. The number of esters is 1. The molecule has 1 heterocycles. The fourth-order valence-electron chi connectivity index (χ4n) is 1.99. The Morgan fingerprint density at radius 1 is 1.21 bits per heavy atom. The van der Waals surface area contributed by atoms with Gasteiger partial charge in [0.05, 0.1) is 17.4 Å². The van der Waals surface area contributed by atoms with Gasteiger partial charge in [-0.25, -0.2) is 9.78 Å².